The summed E-state index contributed by atoms with van der Waals surface area (Å²) < 4.78 is 92.9. The fourth-order valence-corrected chi connectivity index (χ4v) is 4.15. The van der Waals surface area contributed by atoms with Gasteiger partial charge in [0, 0.05) is 11.8 Å². The molecule has 2 fully saturated rings. The normalized spacial score (nSPS) is 17.0. The number of alkyl halides is 6. The molecule has 0 bridgehead atoms. The number of carboxylic acid groups (broad SMARTS) is 1. The van der Waals surface area contributed by atoms with Gasteiger partial charge in [-0.15, -0.1) is 0 Å². The third-order valence-electron chi connectivity index (χ3n) is 5.43. The summed E-state index contributed by atoms with van der Waals surface area (Å²) in [5.74, 6) is -3.45. The van der Waals surface area contributed by atoms with E-state index in [1.165, 1.54) is 23.4 Å². The number of halogens is 6. The summed E-state index contributed by atoms with van der Waals surface area (Å²) in [6.45, 7) is -0.0596. The van der Waals surface area contributed by atoms with Crippen LogP contribution in [0.1, 0.15) is 18.4 Å². The summed E-state index contributed by atoms with van der Waals surface area (Å²) >= 11 is 0. The molecule has 10 nitrogen and oxygen atoms in total. The summed E-state index contributed by atoms with van der Waals surface area (Å²) in [5.41, 5.74) is -6.21. The van der Waals surface area contributed by atoms with E-state index in [2.05, 4.69) is 4.98 Å². The van der Waals surface area contributed by atoms with Crippen LogP contribution < -0.4 is 4.90 Å². The van der Waals surface area contributed by atoms with E-state index in [9.17, 15) is 49.5 Å². The number of imide groups is 1. The van der Waals surface area contributed by atoms with Gasteiger partial charge in [0.2, 0.25) is 0 Å². The molecule has 1 saturated heterocycles. The van der Waals surface area contributed by atoms with E-state index in [0.29, 0.717) is 30.5 Å². The fraction of sp³-hybridized carbons (Fsp3) is 0.300. The lowest BCUT2D eigenvalue weighted by Crippen LogP contribution is -2.36. The van der Waals surface area contributed by atoms with Crippen molar-refractivity contribution in [3.63, 3.8) is 0 Å². The maximum absolute atomic E-state index is 13.0. The van der Waals surface area contributed by atoms with Gasteiger partial charge in [-0.3, -0.25) is 9.78 Å². The quantitative estimate of drug-likeness (QED) is 0.432. The average molecular weight is 555 g/mol. The molecule has 1 aromatic heterocycles. The number of carbonyl (C=O) groups excluding carboxylic acids is 2. The molecule has 1 aliphatic carbocycles. The first kappa shape index (κ1) is 27.7. The number of benzene rings is 1. The van der Waals surface area contributed by atoms with Gasteiger partial charge in [0.05, 0.1) is 23.3 Å². The van der Waals surface area contributed by atoms with Crippen LogP contribution in [0.5, 0.6) is 5.75 Å². The highest BCUT2D eigenvalue weighted by Crippen LogP contribution is 2.50. The molecule has 0 radical (unpaired) electrons. The highest BCUT2D eigenvalue weighted by Gasteiger charge is 2.65. The predicted molar refractivity (Wildman–Crippen MR) is 110 cm³/mol. The first-order chi connectivity index (χ1) is 16.9. The molecule has 0 atom stereocenters. The fourth-order valence-electron chi connectivity index (χ4n) is 3.39. The number of sulfone groups is 1. The first-order valence-corrected chi connectivity index (χ1v) is 11.4. The van der Waals surface area contributed by atoms with E-state index >= 15 is 0 Å². The molecule has 37 heavy (non-hydrogen) atoms. The van der Waals surface area contributed by atoms with Gasteiger partial charge >= 0.3 is 23.7 Å². The Balaban J connectivity index is 0.000000479. The summed E-state index contributed by atoms with van der Waals surface area (Å²) in [6.07, 6.45) is -1.65. The number of urea groups is 1. The monoisotopic (exact) mass is 555 g/mol. The molecule has 4 rings (SSSR count). The van der Waals surface area contributed by atoms with Crippen LogP contribution in [0.2, 0.25) is 0 Å². The van der Waals surface area contributed by atoms with Gasteiger partial charge in [0.25, 0.3) is 15.7 Å². The van der Waals surface area contributed by atoms with E-state index in [-0.39, 0.29) is 18.0 Å². The molecule has 2 N–H and O–H groups in total. The number of amides is 3. The Hall–Kier alpha value is -3.89. The number of hydrogen-bond acceptors (Lipinski definition) is 7. The average Bonchev–Trinajstić information content (AvgIpc) is 3.56. The molecular weight excluding hydrogens is 540 g/mol. The summed E-state index contributed by atoms with van der Waals surface area (Å²) in [5, 5.41) is 17.0. The van der Waals surface area contributed by atoms with Crippen LogP contribution >= 0.6 is 0 Å². The smallest absolute Gasteiger partial charge is 0.501 e. The Morgan fingerprint density at radius 2 is 1.57 bits per heavy atom. The van der Waals surface area contributed by atoms with Crippen molar-refractivity contribution in [1.29, 1.82) is 0 Å². The second-order valence-corrected chi connectivity index (χ2v) is 9.73. The van der Waals surface area contributed by atoms with Crippen LogP contribution in [-0.4, -0.2) is 63.6 Å². The van der Waals surface area contributed by atoms with Crippen molar-refractivity contribution in [2.75, 3.05) is 4.90 Å². The molecule has 1 spiro atoms. The zero-order valence-electron chi connectivity index (χ0n) is 18.1. The zero-order chi connectivity index (χ0) is 28.0. The molecule has 3 amide bonds. The summed E-state index contributed by atoms with van der Waals surface area (Å²) in [4.78, 5) is 39.7. The zero-order valence-corrected chi connectivity index (χ0v) is 18.9. The van der Waals surface area contributed by atoms with Crippen molar-refractivity contribution < 1.29 is 59.4 Å². The maximum Gasteiger partial charge on any atom is 0.501 e. The molecule has 17 heteroatoms. The number of hydrogen-bond donors (Lipinski definition) is 2. The number of aromatic hydroxyl groups is 1. The molecule has 1 aliphatic heterocycles. The molecular formula is C20H15F6N3O7S. The Kier molecular flexibility index (Phi) is 6.89. The van der Waals surface area contributed by atoms with Crippen molar-refractivity contribution in [1.82, 2.24) is 9.88 Å². The highest BCUT2D eigenvalue weighted by molar-refractivity contribution is 7.92. The van der Waals surface area contributed by atoms with Crippen molar-refractivity contribution in [3.05, 3.63) is 48.3 Å². The number of anilines is 1. The Bertz CT molecular complexity index is 1340. The third-order valence-corrected chi connectivity index (χ3v) is 6.93. The topological polar surface area (TPSA) is 145 Å². The van der Waals surface area contributed by atoms with Crippen LogP contribution in [0.3, 0.4) is 0 Å². The van der Waals surface area contributed by atoms with Gasteiger partial charge in [-0.2, -0.15) is 26.3 Å². The lowest BCUT2D eigenvalue weighted by Gasteiger charge is -2.21. The Morgan fingerprint density at radius 1 is 1.03 bits per heavy atom. The van der Waals surface area contributed by atoms with E-state index in [1.54, 1.807) is 0 Å². The number of pyridine rings is 1. The van der Waals surface area contributed by atoms with E-state index in [0.717, 1.165) is 17.0 Å². The minimum Gasteiger partial charge on any atom is -0.506 e. The highest BCUT2D eigenvalue weighted by atomic mass is 32.2. The molecule has 0 unspecified atom stereocenters. The predicted octanol–water partition coefficient (Wildman–Crippen LogP) is 3.22. The molecule has 200 valence electrons. The SMILES string of the molecule is O=C(O)C(F)(F)F.O=C1N(c2ccc(S(=O)(=O)C(F)(F)F)cc2)C(=O)C2(CC2)N1Cc1ccncc1O. The van der Waals surface area contributed by atoms with Gasteiger partial charge in [0.1, 0.15) is 11.3 Å². The van der Waals surface area contributed by atoms with Crippen LogP contribution in [0, 0.1) is 0 Å². The minimum atomic E-state index is -5.54. The van der Waals surface area contributed by atoms with Crippen LogP contribution in [-0.2, 0) is 26.0 Å². The van der Waals surface area contributed by atoms with Crippen LogP contribution in [0.4, 0.5) is 36.8 Å². The molecule has 1 saturated carbocycles. The number of aliphatic carboxylic acids is 1. The van der Waals surface area contributed by atoms with Crippen molar-refractivity contribution in [2.24, 2.45) is 0 Å². The van der Waals surface area contributed by atoms with Gasteiger partial charge in [-0.25, -0.2) is 22.9 Å². The van der Waals surface area contributed by atoms with Crippen molar-refractivity contribution >= 4 is 33.4 Å². The van der Waals surface area contributed by atoms with Gasteiger partial charge in [0.15, 0.2) is 0 Å². The van der Waals surface area contributed by atoms with E-state index < -0.39 is 49.9 Å². The van der Waals surface area contributed by atoms with Gasteiger partial charge in [-0.05, 0) is 43.2 Å². The van der Waals surface area contributed by atoms with Gasteiger partial charge in [-0.1, -0.05) is 0 Å². The number of carboxylic acids is 1. The second-order valence-electron chi connectivity index (χ2n) is 7.79. The summed E-state index contributed by atoms with van der Waals surface area (Å²) in [7, 11) is -5.54. The first-order valence-electron chi connectivity index (χ1n) is 9.93. The Labute approximate surface area is 203 Å². The minimum absolute atomic E-state index is 0.0427. The molecule has 1 aromatic carbocycles. The van der Waals surface area contributed by atoms with Gasteiger partial charge < -0.3 is 15.1 Å². The number of carbonyl (C=O) groups is 3. The Morgan fingerprint density at radius 3 is 2.00 bits per heavy atom. The lowest BCUT2D eigenvalue weighted by atomic mass is 10.2. The molecule has 2 aromatic rings. The lowest BCUT2D eigenvalue weighted by molar-refractivity contribution is -0.192. The maximum atomic E-state index is 13.0. The van der Waals surface area contributed by atoms with E-state index in [4.69, 9.17) is 9.90 Å². The summed E-state index contributed by atoms with van der Waals surface area (Å²) in [6, 6.07) is 4.17. The number of rotatable bonds is 4. The largest absolute Gasteiger partial charge is 0.506 e. The number of nitrogens with zero attached hydrogens (tertiary/aromatic N) is 3. The second kappa shape index (κ2) is 9.20. The molecule has 2 heterocycles. The van der Waals surface area contributed by atoms with Crippen LogP contribution in [0.25, 0.3) is 0 Å². The van der Waals surface area contributed by atoms with Crippen molar-refractivity contribution in [3.8, 4) is 5.75 Å². The standard InChI is InChI=1S/C18H14F3N3O5S.C2HF3O2/c19-18(20,21)30(28,29)13-3-1-12(2-4-13)24-15(26)17(6-7-17)23(16(24)27)10-11-5-8-22-9-14(11)25;3-2(4,5)1(6)7/h1-5,8-9,25H,6-7,10H2;(H,6,7). The molecule has 2 aliphatic rings. The van der Waals surface area contributed by atoms with Crippen molar-refractivity contribution in [2.45, 2.75) is 41.5 Å². The third kappa shape index (κ3) is 5.16. The number of aromatic nitrogens is 1. The van der Waals surface area contributed by atoms with Crippen LogP contribution in [0.15, 0.2) is 47.6 Å². The van der Waals surface area contributed by atoms with E-state index in [1.807, 2.05) is 0 Å².